The van der Waals surface area contributed by atoms with Crippen molar-refractivity contribution in [2.45, 2.75) is 19.8 Å². The first kappa shape index (κ1) is 17.2. The molecule has 0 saturated carbocycles. The van der Waals surface area contributed by atoms with E-state index in [2.05, 4.69) is 21.2 Å². The standard InChI is InChI=1S/C18H18BrNO3/c1-12-7-8-15(11-16(12)19)20-17(21)10-14(18(22)23)9-13-5-3-2-4-6-13/h2-8,11,14H,9-10H2,1H3,(H,20,21)(H,22,23)/p-1. The zero-order chi connectivity index (χ0) is 16.8. The summed E-state index contributed by atoms with van der Waals surface area (Å²) in [5.41, 5.74) is 2.55. The molecule has 23 heavy (non-hydrogen) atoms. The average molecular weight is 375 g/mol. The number of carboxylic acid groups (broad SMARTS) is 1. The molecule has 2 aromatic carbocycles. The third-order valence-corrected chi connectivity index (χ3v) is 4.40. The fraction of sp³-hybridized carbons (Fsp3) is 0.222. The van der Waals surface area contributed by atoms with Gasteiger partial charge in [0.2, 0.25) is 5.91 Å². The smallest absolute Gasteiger partial charge is 0.225 e. The lowest BCUT2D eigenvalue weighted by atomic mass is 9.96. The Hall–Kier alpha value is -2.14. The van der Waals surface area contributed by atoms with Crippen LogP contribution in [0, 0.1) is 12.8 Å². The van der Waals surface area contributed by atoms with Crippen molar-refractivity contribution in [3.63, 3.8) is 0 Å². The van der Waals surface area contributed by atoms with E-state index in [1.165, 1.54) is 0 Å². The van der Waals surface area contributed by atoms with Crippen LogP contribution in [0.5, 0.6) is 0 Å². The van der Waals surface area contributed by atoms with E-state index in [-0.39, 0.29) is 18.7 Å². The van der Waals surface area contributed by atoms with E-state index in [0.29, 0.717) is 5.69 Å². The minimum atomic E-state index is -1.21. The first-order chi connectivity index (χ1) is 11.0. The van der Waals surface area contributed by atoms with E-state index in [1.807, 2.05) is 43.3 Å². The molecule has 0 aliphatic heterocycles. The van der Waals surface area contributed by atoms with Gasteiger partial charge < -0.3 is 15.2 Å². The molecule has 1 atom stereocenters. The van der Waals surface area contributed by atoms with Gasteiger partial charge in [0.15, 0.2) is 0 Å². The highest BCUT2D eigenvalue weighted by Crippen LogP contribution is 2.21. The monoisotopic (exact) mass is 374 g/mol. The quantitative estimate of drug-likeness (QED) is 0.844. The summed E-state index contributed by atoms with van der Waals surface area (Å²) in [4.78, 5) is 23.4. The molecule has 0 fully saturated rings. The van der Waals surface area contributed by atoms with E-state index in [1.54, 1.807) is 12.1 Å². The molecule has 0 aromatic heterocycles. The lowest BCUT2D eigenvalue weighted by Crippen LogP contribution is -2.35. The van der Waals surface area contributed by atoms with Crippen LogP contribution in [0.4, 0.5) is 5.69 Å². The topological polar surface area (TPSA) is 69.2 Å². The lowest BCUT2D eigenvalue weighted by molar-refractivity contribution is -0.311. The number of aliphatic carboxylic acids is 1. The summed E-state index contributed by atoms with van der Waals surface area (Å²) in [6.07, 6.45) is 0.150. The first-order valence-corrected chi connectivity index (χ1v) is 8.06. The molecule has 1 N–H and O–H groups in total. The van der Waals surface area contributed by atoms with Crippen LogP contribution >= 0.6 is 15.9 Å². The number of halogens is 1. The third kappa shape index (κ3) is 5.21. The Bertz CT molecular complexity index is 701. The van der Waals surface area contributed by atoms with Crippen LogP contribution in [0.3, 0.4) is 0 Å². The number of carboxylic acids is 1. The van der Waals surface area contributed by atoms with Crippen molar-refractivity contribution in [3.05, 3.63) is 64.1 Å². The van der Waals surface area contributed by atoms with Gasteiger partial charge in [-0.05, 0) is 36.6 Å². The van der Waals surface area contributed by atoms with Crippen molar-refractivity contribution < 1.29 is 14.7 Å². The summed E-state index contributed by atoms with van der Waals surface area (Å²) >= 11 is 3.40. The van der Waals surface area contributed by atoms with Gasteiger partial charge >= 0.3 is 0 Å². The number of anilines is 1. The highest BCUT2D eigenvalue weighted by atomic mass is 79.9. The first-order valence-electron chi connectivity index (χ1n) is 7.26. The average Bonchev–Trinajstić information content (AvgIpc) is 2.51. The second-order valence-electron chi connectivity index (χ2n) is 5.42. The molecular formula is C18H17BrNO3-. The van der Waals surface area contributed by atoms with Crippen molar-refractivity contribution in [1.29, 1.82) is 0 Å². The van der Waals surface area contributed by atoms with Gasteiger partial charge in [-0.25, -0.2) is 0 Å². The van der Waals surface area contributed by atoms with Gasteiger partial charge in [-0.2, -0.15) is 0 Å². The van der Waals surface area contributed by atoms with Crippen LogP contribution in [0.2, 0.25) is 0 Å². The van der Waals surface area contributed by atoms with Gasteiger partial charge in [-0.1, -0.05) is 52.3 Å². The van der Waals surface area contributed by atoms with E-state index in [4.69, 9.17) is 0 Å². The predicted octanol–water partition coefficient (Wildman–Crippen LogP) is 2.69. The van der Waals surface area contributed by atoms with Gasteiger partial charge in [0.1, 0.15) is 0 Å². The second-order valence-corrected chi connectivity index (χ2v) is 6.28. The molecule has 2 aromatic rings. The van der Waals surface area contributed by atoms with Crippen LogP contribution in [0.15, 0.2) is 53.0 Å². The molecule has 0 heterocycles. The van der Waals surface area contributed by atoms with Crippen LogP contribution in [0.1, 0.15) is 17.5 Å². The summed E-state index contributed by atoms with van der Waals surface area (Å²) in [5.74, 6) is -2.41. The van der Waals surface area contributed by atoms with Crippen molar-refractivity contribution in [1.82, 2.24) is 0 Å². The van der Waals surface area contributed by atoms with Crippen molar-refractivity contribution in [2.75, 3.05) is 5.32 Å². The van der Waals surface area contributed by atoms with E-state index in [0.717, 1.165) is 15.6 Å². The van der Waals surface area contributed by atoms with Crippen LogP contribution in [-0.2, 0) is 16.0 Å². The summed E-state index contributed by atoms with van der Waals surface area (Å²) in [5, 5.41) is 14.0. The maximum Gasteiger partial charge on any atom is 0.225 e. The van der Waals surface area contributed by atoms with Gasteiger partial charge in [0.05, 0.1) is 0 Å². The largest absolute Gasteiger partial charge is 0.550 e. The fourth-order valence-corrected chi connectivity index (χ4v) is 2.62. The normalized spacial score (nSPS) is 11.7. The molecule has 0 aliphatic rings. The number of carbonyl (C=O) groups excluding carboxylic acids is 2. The zero-order valence-electron chi connectivity index (χ0n) is 12.7. The van der Waals surface area contributed by atoms with Crippen LogP contribution < -0.4 is 10.4 Å². The van der Waals surface area contributed by atoms with Gasteiger partial charge in [0.25, 0.3) is 0 Å². The summed E-state index contributed by atoms with van der Waals surface area (Å²) < 4.78 is 0.885. The van der Waals surface area contributed by atoms with Crippen LogP contribution in [-0.4, -0.2) is 11.9 Å². The molecule has 0 bridgehead atoms. The Morgan fingerprint density at radius 1 is 1.17 bits per heavy atom. The molecule has 1 amide bonds. The Kier molecular flexibility index (Phi) is 5.93. The molecular weight excluding hydrogens is 358 g/mol. The summed E-state index contributed by atoms with van der Waals surface area (Å²) in [6, 6.07) is 14.7. The Morgan fingerprint density at radius 2 is 1.87 bits per heavy atom. The van der Waals surface area contributed by atoms with Crippen LogP contribution in [0.25, 0.3) is 0 Å². The molecule has 5 heteroatoms. The maximum atomic E-state index is 12.1. The highest BCUT2D eigenvalue weighted by Gasteiger charge is 2.16. The minimum absolute atomic E-state index is 0.122. The molecule has 0 saturated heterocycles. The second kappa shape index (κ2) is 7.92. The summed E-state index contributed by atoms with van der Waals surface area (Å²) in [7, 11) is 0. The van der Waals surface area contributed by atoms with Crippen molar-refractivity contribution in [2.24, 2.45) is 5.92 Å². The van der Waals surface area contributed by atoms with E-state index >= 15 is 0 Å². The van der Waals surface area contributed by atoms with Gasteiger partial charge in [0, 0.05) is 28.5 Å². The number of carbonyl (C=O) groups is 2. The highest BCUT2D eigenvalue weighted by molar-refractivity contribution is 9.10. The predicted molar refractivity (Wildman–Crippen MR) is 90.8 cm³/mol. The molecule has 2 rings (SSSR count). The Balaban J connectivity index is 2.00. The number of hydrogen-bond acceptors (Lipinski definition) is 3. The molecule has 0 radical (unpaired) electrons. The number of amides is 1. The van der Waals surface area contributed by atoms with Gasteiger partial charge in [-0.15, -0.1) is 0 Å². The number of hydrogen-bond donors (Lipinski definition) is 1. The molecule has 0 aliphatic carbocycles. The zero-order valence-corrected chi connectivity index (χ0v) is 14.3. The number of benzene rings is 2. The van der Waals surface area contributed by atoms with E-state index < -0.39 is 11.9 Å². The Labute approximate surface area is 143 Å². The summed E-state index contributed by atoms with van der Waals surface area (Å²) in [6.45, 7) is 1.95. The number of aryl methyl sites for hydroxylation is 1. The van der Waals surface area contributed by atoms with E-state index in [9.17, 15) is 14.7 Å². The molecule has 0 spiro atoms. The minimum Gasteiger partial charge on any atom is -0.550 e. The number of nitrogens with one attached hydrogen (secondary N) is 1. The Morgan fingerprint density at radius 3 is 2.48 bits per heavy atom. The molecule has 1 unspecified atom stereocenters. The molecule has 120 valence electrons. The SMILES string of the molecule is Cc1ccc(NC(=O)CC(Cc2ccccc2)C(=O)[O-])cc1Br. The lowest BCUT2D eigenvalue weighted by Gasteiger charge is -2.18. The number of rotatable bonds is 6. The maximum absolute atomic E-state index is 12.1. The van der Waals surface area contributed by atoms with Crippen molar-refractivity contribution >= 4 is 33.5 Å². The van der Waals surface area contributed by atoms with Gasteiger partial charge in [-0.3, -0.25) is 4.79 Å². The molecule has 4 nitrogen and oxygen atoms in total. The fourth-order valence-electron chi connectivity index (χ4n) is 2.24. The van der Waals surface area contributed by atoms with Crippen molar-refractivity contribution in [3.8, 4) is 0 Å². The third-order valence-electron chi connectivity index (χ3n) is 3.55.